The van der Waals surface area contributed by atoms with E-state index in [4.69, 9.17) is 0 Å². The molecule has 3 aromatic rings. The summed E-state index contributed by atoms with van der Waals surface area (Å²) in [6, 6.07) is 7.39. The molecule has 11 nitrogen and oxygen atoms in total. The van der Waals surface area contributed by atoms with Crippen molar-refractivity contribution in [3.8, 4) is 0 Å². The van der Waals surface area contributed by atoms with Crippen LogP contribution in [0.25, 0.3) is 5.52 Å². The van der Waals surface area contributed by atoms with Gasteiger partial charge in [0, 0.05) is 48.5 Å². The fourth-order valence-electron chi connectivity index (χ4n) is 3.02. The highest BCUT2D eigenvalue weighted by Gasteiger charge is 2.24. The van der Waals surface area contributed by atoms with Crippen molar-refractivity contribution in [1.82, 2.24) is 19.8 Å². The van der Waals surface area contributed by atoms with E-state index in [9.17, 15) is 18.5 Å². The summed E-state index contributed by atoms with van der Waals surface area (Å²) in [7, 11) is -0.717. The number of halogens is 1. The van der Waals surface area contributed by atoms with E-state index in [1.165, 1.54) is 12.1 Å². The monoisotopic (exact) mass is 523 g/mol. The smallest absolute Gasteiger partial charge is 0.278 e. The lowest BCUT2D eigenvalue weighted by Crippen LogP contribution is -2.29. The number of nitro groups is 1. The van der Waals surface area contributed by atoms with Crippen LogP contribution >= 0.6 is 15.9 Å². The Balaban J connectivity index is 1.98. The second-order valence-corrected chi connectivity index (χ2v) is 9.50. The van der Waals surface area contributed by atoms with E-state index in [1.54, 1.807) is 42.8 Å². The third kappa shape index (κ3) is 5.06. The number of fused-ring (bicyclic) bond motifs is 1. The maximum atomic E-state index is 13.1. The zero-order valence-electron chi connectivity index (χ0n) is 17.6. The number of nitrogens with one attached hydrogen (secondary N) is 2. The highest BCUT2D eigenvalue weighted by Crippen LogP contribution is 2.29. The number of likely N-dealkylation sites (N-methyl/N-ethyl adjacent to an activating group) is 2. The van der Waals surface area contributed by atoms with Gasteiger partial charge in [-0.3, -0.25) is 10.1 Å². The van der Waals surface area contributed by atoms with E-state index in [2.05, 4.69) is 36.3 Å². The van der Waals surface area contributed by atoms with Crippen LogP contribution in [0.4, 0.5) is 11.4 Å². The molecule has 170 valence electrons. The van der Waals surface area contributed by atoms with Gasteiger partial charge in [0.1, 0.15) is 4.90 Å². The van der Waals surface area contributed by atoms with Gasteiger partial charge in [-0.2, -0.15) is 23.4 Å². The number of hydrogen-bond donors (Lipinski definition) is 2. The number of sulfonamides is 1. The number of nitrogens with zero attached hydrogens (tertiary/aromatic N) is 5. The Bertz CT molecular complexity index is 1290. The van der Waals surface area contributed by atoms with Crippen LogP contribution in [0.1, 0.15) is 12.5 Å². The molecule has 0 amide bonds. The van der Waals surface area contributed by atoms with Crippen molar-refractivity contribution < 1.29 is 13.3 Å². The van der Waals surface area contributed by atoms with Crippen LogP contribution in [0.3, 0.4) is 0 Å². The Morgan fingerprint density at radius 2 is 2.09 bits per heavy atom. The molecule has 0 saturated carbocycles. The number of benzene rings is 1. The summed E-state index contributed by atoms with van der Waals surface area (Å²) in [5, 5.41) is 22.5. The van der Waals surface area contributed by atoms with Crippen molar-refractivity contribution in [2.75, 3.05) is 32.1 Å². The molecule has 1 aromatic carbocycles. The lowest BCUT2D eigenvalue weighted by Gasteiger charge is -2.22. The minimum atomic E-state index is -4.21. The predicted octanol–water partition coefficient (Wildman–Crippen LogP) is 2.36. The highest BCUT2D eigenvalue weighted by atomic mass is 79.9. The predicted molar refractivity (Wildman–Crippen MR) is 126 cm³/mol. The Morgan fingerprint density at radius 3 is 2.78 bits per heavy atom. The molecule has 2 aromatic heterocycles. The Labute approximate surface area is 193 Å². The van der Waals surface area contributed by atoms with E-state index in [1.807, 2.05) is 12.1 Å². The van der Waals surface area contributed by atoms with Crippen LogP contribution in [0, 0.1) is 10.1 Å². The second-order valence-electron chi connectivity index (χ2n) is 6.96. The summed E-state index contributed by atoms with van der Waals surface area (Å²) >= 11 is 3.40. The summed E-state index contributed by atoms with van der Waals surface area (Å²) in [6.45, 7) is 2.74. The Morgan fingerprint density at radius 1 is 1.34 bits per heavy atom. The van der Waals surface area contributed by atoms with Crippen molar-refractivity contribution in [3.05, 3.63) is 62.9 Å². The van der Waals surface area contributed by atoms with Crippen molar-refractivity contribution in [2.24, 2.45) is 5.10 Å². The van der Waals surface area contributed by atoms with Gasteiger partial charge in [0.2, 0.25) is 0 Å². The first kappa shape index (κ1) is 23.6. The summed E-state index contributed by atoms with van der Waals surface area (Å²) in [5.74, 6) is 0. The summed E-state index contributed by atoms with van der Waals surface area (Å²) in [6.07, 6.45) is 3.34. The zero-order valence-corrected chi connectivity index (χ0v) is 20.0. The number of non-ortho nitro benzene ring substituents is 1. The molecule has 0 bridgehead atoms. The van der Waals surface area contributed by atoms with E-state index in [-0.39, 0.29) is 10.6 Å². The third-order valence-corrected chi connectivity index (χ3v) is 6.49. The van der Waals surface area contributed by atoms with Gasteiger partial charge in [-0.1, -0.05) is 15.9 Å². The van der Waals surface area contributed by atoms with Crippen LogP contribution in [-0.2, 0) is 10.0 Å². The van der Waals surface area contributed by atoms with Gasteiger partial charge in [-0.25, -0.2) is 4.52 Å². The van der Waals surface area contributed by atoms with Crippen molar-refractivity contribution in [3.63, 3.8) is 0 Å². The van der Waals surface area contributed by atoms with Crippen LogP contribution in [0.2, 0.25) is 0 Å². The van der Waals surface area contributed by atoms with Gasteiger partial charge < -0.3 is 10.2 Å². The maximum Gasteiger partial charge on any atom is 0.278 e. The third-order valence-electron chi connectivity index (χ3n) is 4.76. The number of hydrazone groups is 1. The van der Waals surface area contributed by atoms with E-state index < -0.39 is 14.9 Å². The molecule has 0 aliphatic rings. The molecule has 2 heterocycles. The van der Waals surface area contributed by atoms with Crippen LogP contribution in [0.15, 0.2) is 57.2 Å². The SMILES string of the molecule is CNCCN(C)c1ccc([N+](=O)[O-])cc1S(=O)(=O)N/N=C(\C)c1cnn2ccc(Br)cc12. The normalized spacial score (nSPS) is 12.2. The maximum absolute atomic E-state index is 13.1. The number of hydrogen-bond acceptors (Lipinski definition) is 8. The molecular weight excluding hydrogens is 502 g/mol. The second kappa shape index (κ2) is 9.63. The Hall–Kier alpha value is -3.03. The molecule has 0 atom stereocenters. The molecule has 3 rings (SSSR count). The first-order valence-electron chi connectivity index (χ1n) is 9.47. The van der Waals surface area contributed by atoms with Gasteiger partial charge >= 0.3 is 0 Å². The van der Waals surface area contributed by atoms with Crippen LogP contribution in [0.5, 0.6) is 0 Å². The number of aromatic nitrogens is 2. The molecule has 0 radical (unpaired) electrons. The topological polar surface area (TPSA) is 134 Å². The standard InChI is InChI=1S/C19H22BrN7O4S/c1-13(16-12-22-26-8-6-14(20)10-18(16)26)23-24-32(30,31)19-11-15(27(28)29)4-5-17(19)25(3)9-7-21-2/h4-6,8,10-12,21,24H,7,9H2,1-3H3/b23-13+. The zero-order chi connectivity index (χ0) is 23.5. The lowest BCUT2D eigenvalue weighted by molar-refractivity contribution is -0.385. The molecule has 32 heavy (non-hydrogen) atoms. The van der Waals surface area contributed by atoms with Gasteiger partial charge in [-0.15, -0.1) is 0 Å². The minimum Gasteiger partial charge on any atom is -0.372 e. The van der Waals surface area contributed by atoms with E-state index >= 15 is 0 Å². The van der Waals surface area contributed by atoms with Crippen molar-refractivity contribution in [2.45, 2.75) is 11.8 Å². The van der Waals surface area contributed by atoms with Gasteiger partial charge in [0.05, 0.1) is 28.0 Å². The molecule has 0 fully saturated rings. The van der Waals surface area contributed by atoms with Crippen LogP contribution in [-0.4, -0.2) is 55.9 Å². The van der Waals surface area contributed by atoms with Gasteiger partial charge in [0.15, 0.2) is 0 Å². The molecule has 0 aliphatic carbocycles. The molecule has 0 unspecified atom stereocenters. The number of anilines is 1. The molecule has 0 aliphatic heterocycles. The average molecular weight is 524 g/mol. The number of nitro benzene ring substituents is 1. The van der Waals surface area contributed by atoms with Gasteiger partial charge in [0.25, 0.3) is 15.7 Å². The molecule has 13 heteroatoms. The van der Waals surface area contributed by atoms with Crippen molar-refractivity contribution in [1.29, 1.82) is 0 Å². The van der Waals surface area contributed by atoms with Gasteiger partial charge in [-0.05, 0) is 32.2 Å². The summed E-state index contributed by atoms with van der Waals surface area (Å²) < 4.78 is 28.7. The molecule has 0 saturated heterocycles. The fourth-order valence-corrected chi connectivity index (χ4v) is 4.48. The van der Waals surface area contributed by atoms with Crippen LogP contribution < -0.4 is 15.0 Å². The largest absolute Gasteiger partial charge is 0.372 e. The Kier molecular flexibility index (Phi) is 7.11. The number of pyridine rings is 1. The quantitative estimate of drug-likeness (QED) is 0.249. The molecule has 2 N–H and O–H groups in total. The summed E-state index contributed by atoms with van der Waals surface area (Å²) in [5.41, 5.74) is 1.76. The fraction of sp³-hybridized carbons (Fsp3) is 0.263. The summed E-state index contributed by atoms with van der Waals surface area (Å²) in [4.78, 5) is 14.3. The van der Waals surface area contributed by atoms with E-state index in [0.717, 1.165) is 16.1 Å². The lowest BCUT2D eigenvalue weighted by atomic mass is 10.2. The highest BCUT2D eigenvalue weighted by molar-refractivity contribution is 9.10. The number of rotatable bonds is 9. The molecule has 0 spiro atoms. The first-order valence-corrected chi connectivity index (χ1v) is 11.7. The minimum absolute atomic E-state index is 0.232. The average Bonchev–Trinajstić information content (AvgIpc) is 3.18. The van der Waals surface area contributed by atoms with E-state index in [0.29, 0.717) is 30.1 Å². The molecular formula is C19H22BrN7O4S. The first-order chi connectivity index (χ1) is 15.1. The van der Waals surface area contributed by atoms with Crippen molar-refractivity contribution >= 4 is 48.6 Å².